The number of hydrogen-bond donors (Lipinski definition) is 2. The van der Waals surface area contributed by atoms with E-state index in [1.54, 1.807) is 19.2 Å². The summed E-state index contributed by atoms with van der Waals surface area (Å²) in [4.78, 5) is 4.51. The van der Waals surface area contributed by atoms with Crippen molar-refractivity contribution in [2.45, 2.75) is 43.7 Å². The summed E-state index contributed by atoms with van der Waals surface area (Å²) in [5.74, 6) is 1.32. The fourth-order valence-corrected chi connectivity index (χ4v) is 6.41. The van der Waals surface area contributed by atoms with E-state index in [0.29, 0.717) is 32.8 Å². The maximum Gasteiger partial charge on any atom is 0.142 e. The van der Waals surface area contributed by atoms with Gasteiger partial charge in [-0.25, -0.2) is 4.39 Å². The Bertz CT molecular complexity index is 1340. The van der Waals surface area contributed by atoms with Crippen LogP contribution in [0.25, 0.3) is 0 Å². The van der Waals surface area contributed by atoms with E-state index in [1.165, 1.54) is 6.07 Å². The molecule has 0 aromatic heterocycles. The molecule has 3 aromatic carbocycles. The molecule has 2 fully saturated rings. The van der Waals surface area contributed by atoms with Crippen LogP contribution in [0.1, 0.15) is 29.9 Å². The number of benzene rings is 3. The molecule has 0 unspecified atom stereocenters. The van der Waals surface area contributed by atoms with Crippen LogP contribution in [0.3, 0.4) is 0 Å². The fourth-order valence-electron chi connectivity index (χ4n) is 6.41. The van der Waals surface area contributed by atoms with Crippen LogP contribution in [-0.2, 0) is 16.1 Å². The second kappa shape index (κ2) is 13.9. The summed E-state index contributed by atoms with van der Waals surface area (Å²) < 4.78 is 37.6. The van der Waals surface area contributed by atoms with Crippen LogP contribution in [-0.4, -0.2) is 83.0 Å². The lowest BCUT2D eigenvalue weighted by molar-refractivity contribution is -0.0328. The lowest BCUT2D eigenvalue weighted by Gasteiger charge is -2.36. The van der Waals surface area contributed by atoms with Gasteiger partial charge in [0.05, 0.1) is 37.6 Å². The van der Waals surface area contributed by atoms with Gasteiger partial charge in [-0.1, -0.05) is 24.3 Å². The van der Waals surface area contributed by atoms with Gasteiger partial charge in [-0.15, -0.1) is 0 Å². The molecule has 3 aliphatic heterocycles. The zero-order valence-corrected chi connectivity index (χ0v) is 24.8. The van der Waals surface area contributed by atoms with E-state index < -0.39 is 6.10 Å². The summed E-state index contributed by atoms with van der Waals surface area (Å²) >= 11 is 0. The summed E-state index contributed by atoms with van der Waals surface area (Å²) in [5, 5.41) is 14.3. The van der Waals surface area contributed by atoms with E-state index >= 15 is 0 Å². The smallest absolute Gasteiger partial charge is 0.142 e. The molecule has 0 saturated carbocycles. The van der Waals surface area contributed by atoms with Crippen LogP contribution in [0.15, 0.2) is 66.7 Å². The Morgan fingerprint density at radius 1 is 1.05 bits per heavy atom. The number of fused-ring (bicyclic) bond motifs is 1. The monoisotopic (exact) mass is 591 g/mol. The minimum Gasteiger partial charge on any atom is -0.490 e. The van der Waals surface area contributed by atoms with Gasteiger partial charge in [-0.2, -0.15) is 0 Å². The first kappa shape index (κ1) is 29.7. The average molecular weight is 592 g/mol. The van der Waals surface area contributed by atoms with Crippen molar-refractivity contribution in [3.05, 3.63) is 83.7 Å². The number of aliphatic hydroxyl groups is 1. The van der Waals surface area contributed by atoms with Crippen molar-refractivity contribution in [3.8, 4) is 11.5 Å². The maximum atomic E-state index is 13.7. The highest BCUT2D eigenvalue weighted by Gasteiger charge is 2.34. The van der Waals surface area contributed by atoms with Gasteiger partial charge in [0.25, 0.3) is 0 Å². The topological polar surface area (TPSA) is 75.7 Å². The summed E-state index contributed by atoms with van der Waals surface area (Å²) in [6.07, 6.45) is 1.12. The molecular formula is C34H42FN3O5. The van der Waals surface area contributed by atoms with Crippen LogP contribution < -0.4 is 24.6 Å². The third-order valence-electron chi connectivity index (χ3n) is 8.62. The van der Waals surface area contributed by atoms with E-state index in [9.17, 15) is 9.50 Å². The van der Waals surface area contributed by atoms with Crippen molar-refractivity contribution >= 4 is 11.4 Å². The number of halogens is 1. The summed E-state index contributed by atoms with van der Waals surface area (Å²) in [6, 6.07) is 21.0. The Kier molecular flexibility index (Phi) is 9.63. The largest absolute Gasteiger partial charge is 0.490 e. The first-order valence-corrected chi connectivity index (χ1v) is 15.3. The van der Waals surface area contributed by atoms with Gasteiger partial charge >= 0.3 is 0 Å². The molecule has 3 heterocycles. The predicted molar refractivity (Wildman–Crippen MR) is 165 cm³/mol. The Morgan fingerprint density at radius 3 is 2.77 bits per heavy atom. The minimum absolute atomic E-state index is 0.0348. The number of aliphatic hydroxyl groups excluding tert-OH is 1. The van der Waals surface area contributed by atoms with Crippen LogP contribution in [0, 0.1) is 5.82 Å². The molecule has 3 aliphatic rings. The van der Waals surface area contributed by atoms with Crippen LogP contribution in [0.5, 0.6) is 11.5 Å². The van der Waals surface area contributed by atoms with Crippen molar-refractivity contribution in [2.24, 2.45) is 0 Å². The Morgan fingerprint density at radius 2 is 1.93 bits per heavy atom. The quantitative estimate of drug-likeness (QED) is 0.319. The number of anilines is 2. The Hall–Kier alpha value is -3.37. The van der Waals surface area contributed by atoms with E-state index in [0.717, 1.165) is 73.1 Å². The zero-order valence-electron chi connectivity index (χ0n) is 24.8. The summed E-state index contributed by atoms with van der Waals surface area (Å²) in [7, 11) is 1.73. The molecule has 0 bridgehead atoms. The second-order valence-corrected chi connectivity index (χ2v) is 11.6. The van der Waals surface area contributed by atoms with E-state index in [4.69, 9.17) is 18.9 Å². The molecule has 43 heavy (non-hydrogen) atoms. The van der Waals surface area contributed by atoms with Gasteiger partial charge < -0.3 is 39.2 Å². The molecule has 0 spiro atoms. The molecule has 2 saturated heterocycles. The number of rotatable bonds is 11. The van der Waals surface area contributed by atoms with Gasteiger partial charge in [0.2, 0.25) is 0 Å². The van der Waals surface area contributed by atoms with Crippen molar-refractivity contribution in [1.29, 1.82) is 0 Å². The number of piperidine rings is 1. The summed E-state index contributed by atoms with van der Waals surface area (Å²) in [5.41, 5.74) is 4.09. The normalized spacial score (nSPS) is 23.6. The van der Waals surface area contributed by atoms with Crippen molar-refractivity contribution < 1.29 is 28.4 Å². The average Bonchev–Trinajstić information content (AvgIpc) is 3.49. The lowest BCUT2D eigenvalue weighted by atomic mass is 9.85. The van der Waals surface area contributed by atoms with Crippen LogP contribution >= 0.6 is 0 Å². The highest BCUT2D eigenvalue weighted by Crippen LogP contribution is 2.34. The first-order chi connectivity index (χ1) is 21.1. The molecule has 2 N–H and O–H groups in total. The number of ether oxygens (including phenoxy) is 4. The fraction of sp³-hybridized carbons (Fsp3) is 0.471. The van der Waals surface area contributed by atoms with Crippen LogP contribution in [0.2, 0.25) is 0 Å². The Balaban J connectivity index is 1.07. The van der Waals surface area contributed by atoms with Gasteiger partial charge in [0.15, 0.2) is 0 Å². The molecular weight excluding hydrogens is 549 g/mol. The second-order valence-electron chi connectivity index (χ2n) is 11.6. The molecule has 0 radical (unpaired) electrons. The van der Waals surface area contributed by atoms with Gasteiger partial charge in [-0.05, 0) is 60.0 Å². The third kappa shape index (κ3) is 7.24. The van der Waals surface area contributed by atoms with Gasteiger partial charge in [0.1, 0.15) is 30.0 Å². The maximum absolute atomic E-state index is 13.7. The van der Waals surface area contributed by atoms with Crippen molar-refractivity contribution in [3.63, 3.8) is 0 Å². The number of nitrogens with zero attached hydrogens (tertiary/aromatic N) is 2. The van der Waals surface area contributed by atoms with Crippen molar-refractivity contribution in [1.82, 2.24) is 5.32 Å². The molecule has 230 valence electrons. The standard InChI is InChI=1S/C34H42FN3O5/c1-40-16-3-13-37-15-17-41-32-11-6-24(18-30(32)37)23-42-33-21-36-20-31(39)34(33)25-7-9-28(10-8-25)43-29-12-14-38(22-29)27-5-2-4-26(35)19-27/h2,4-11,18-19,29,31,33-34,36,39H,3,12-17,20-23H2,1H3/t29-,31-,33-,34-/m0/s1. The molecule has 8 nitrogen and oxygen atoms in total. The number of β-amino-alcohol motifs (C(OH)–C–C–N with tert-alkyl or cyclic N) is 1. The number of nitrogens with one attached hydrogen (secondary N) is 1. The lowest BCUT2D eigenvalue weighted by Crippen LogP contribution is -2.49. The van der Waals surface area contributed by atoms with E-state index in [1.807, 2.05) is 36.4 Å². The molecule has 3 aromatic rings. The predicted octanol–water partition coefficient (Wildman–Crippen LogP) is 4.35. The number of methoxy groups -OCH3 is 1. The van der Waals surface area contributed by atoms with E-state index in [2.05, 4.69) is 27.2 Å². The third-order valence-corrected chi connectivity index (χ3v) is 8.62. The minimum atomic E-state index is -0.562. The van der Waals surface area contributed by atoms with Gasteiger partial charge in [0, 0.05) is 57.9 Å². The van der Waals surface area contributed by atoms with Crippen molar-refractivity contribution in [2.75, 3.05) is 69.4 Å². The van der Waals surface area contributed by atoms with E-state index in [-0.39, 0.29) is 23.9 Å². The SMILES string of the molecule is COCCCN1CCOc2ccc(CO[C@H]3CNC[C@H](O)[C@@H]3c3ccc(O[C@H]4CCN(c5cccc(F)c5)C4)cc3)cc21. The molecule has 6 rings (SSSR count). The highest BCUT2D eigenvalue weighted by molar-refractivity contribution is 5.61. The Labute approximate surface area is 253 Å². The molecule has 4 atom stereocenters. The summed E-state index contributed by atoms with van der Waals surface area (Å²) in [6.45, 7) is 6.36. The molecule has 0 aliphatic carbocycles. The highest BCUT2D eigenvalue weighted by atomic mass is 19.1. The first-order valence-electron chi connectivity index (χ1n) is 15.3. The van der Waals surface area contributed by atoms with Gasteiger partial charge in [-0.3, -0.25) is 0 Å². The van der Waals surface area contributed by atoms with Crippen LogP contribution in [0.4, 0.5) is 15.8 Å². The zero-order chi connectivity index (χ0) is 29.6. The molecule has 9 heteroatoms. The number of hydrogen-bond acceptors (Lipinski definition) is 8. The molecule has 0 amide bonds.